The van der Waals surface area contributed by atoms with E-state index in [0.29, 0.717) is 17.6 Å². The topological polar surface area (TPSA) is 48.5 Å². The van der Waals surface area contributed by atoms with E-state index in [4.69, 9.17) is 15.0 Å². The molecule has 0 aliphatic heterocycles. The first-order chi connectivity index (χ1) is 30.7. The number of benzene rings is 9. The Labute approximate surface area is 358 Å². The van der Waals surface area contributed by atoms with Crippen molar-refractivity contribution in [1.82, 2.24) is 24.1 Å². The van der Waals surface area contributed by atoms with Crippen molar-refractivity contribution in [3.8, 4) is 67.8 Å². The summed E-state index contributed by atoms with van der Waals surface area (Å²) in [5.41, 5.74) is 14.1. The minimum Gasteiger partial charge on any atom is -0.309 e. The lowest BCUT2D eigenvalue weighted by Crippen LogP contribution is -2.06. The molecule has 5 nitrogen and oxygen atoms in total. The summed E-state index contributed by atoms with van der Waals surface area (Å²) >= 11 is 0. The van der Waals surface area contributed by atoms with Crippen molar-refractivity contribution in [2.75, 3.05) is 0 Å². The molecule has 0 amide bonds. The van der Waals surface area contributed by atoms with Crippen molar-refractivity contribution in [3.05, 3.63) is 224 Å². The standard InChI is InChI=1S/C57H37N5/c1-4-17-38(18-5-1)40-31-33-42(34-32-40)55-58-56(44-24-16-23-43(35-44)39-19-6-2-7-20-39)60-57(59-55)62-52-30-15-12-27-47(52)49-36-48-46-26-11-14-29-51(46)61(53(48)37-54(49)62)50-28-13-10-25-45(50)41-21-8-3-9-22-41/h1-37H. The Morgan fingerprint density at radius 3 is 1.40 bits per heavy atom. The summed E-state index contributed by atoms with van der Waals surface area (Å²) in [6.45, 7) is 0. The fourth-order valence-electron chi connectivity index (χ4n) is 9.07. The normalized spacial score (nSPS) is 11.5. The van der Waals surface area contributed by atoms with Crippen LogP contribution in [-0.2, 0) is 0 Å². The Bertz CT molecular complexity index is 3610. The molecular formula is C57H37N5. The molecule has 0 spiro atoms. The van der Waals surface area contributed by atoms with Gasteiger partial charge in [-0.15, -0.1) is 0 Å². The smallest absolute Gasteiger partial charge is 0.238 e. The maximum absolute atomic E-state index is 5.36. The van der Waals surface area contributed by atoms with Crippen molar-refractivity contribution in [3.63, 3.8) is 0 Å². The molecule has 0 saturated carbocycles. The summed E-state index contributed by atoms with van der Waals surface area (Å²) in [6, 6.07) is 79.2. The second kappa shape index (κ2) is 14.7. The number of fused-ring (bicyclic) bond motifs is 6. The third-order valence-corrected chi connectivity index (χ3v) is 12.0. The molecule has 62 heavy (non-hydrogen) atoms. The van der Waals surface area contributed by atoms with E-state index in [1.807, 2.05) is 12.1 Å². The fourth-order valence-corrected chi connectivity index (χ4v) is 9.07. The first kappa shape index (κ1) is 35.5. The number of hydrogen-bond acceptors (Lipinski definition) is 3. The number of rotatable bonds is 7. The first-order valence-corrected chi connectivity index (χ1v) is 20.9. The van der Waals surface area contributed by atoms with Gasteiger partial charge in [-0.3, -0.25) is 4.57 Å². The van der Waals surface area contributed by atoms with Gasteiger partial charge in [-0.25, -0.2) is 4.98 Å². The molecule has 0 atom stereocenters. The highest BCUT2D eigenvalue weighted by atomic mass is 15.2. The maximum Gasteiger partial charge on any atom is 0.238 e. The van der Waals surface area contributed by atoms with E-state index in [0.717, 1.165) is 71.9 Å². The molecule has 3 aromatic heterocycles. The molecule has 290 valence electrons. The van der Waals surface area contributed by atoms with Gasteiger partial charge in [-0.2, -0.15) is 9.97 Å². The number of para-hydroxylation sites is 3. The molecule has 0 saturated heterocycles. The fraction of sp³-hybridized carbons (Fsp3) is 0. The second-order valence-electron chi connectivity index (χ2n) is 15.6. The lowest BCUT2D eigenvalue weighted by molar-refractivity contribution is 0.953. The van der Waals surface area contributed by atoms with Gasteiger partial charge in [-0.1, -0.05) is 188 Å². The van der Waals surface area contributed by atoms with Gasteiger partial charge in [0.05, 0.1) is 27.8 Å². The van der Waals surface area contributed by atoms with Crippen LogP contribution in [0.4, 0.5) is 0 Å². The van der Waals surface area contributed by atoms with Crippen molar-refractivity contribution in [1.29, 1.82) is 0 Å². The minimum absolute atomic E-state index is 0.556. The highest BCUT2D eigenvalue weighted by molar-refractivity contribution is 6.19. The van der Waals surface area contributed by atoms with Gasteiger partial charge in [0, 0.05) is 38.2 Å². The molecule has 0 unspecified atom stereocenters. The van der Waals surface area contributed by atoms with Crippen LogP contribution in [0.15, 0.2) is 224 Å². The summed E-state index contributed by atoms with van der Waals surface area (Å²) in [6.07, 6.45) is 0. The summed E-state index contributed by atoms with van der Waals surface area (Å²) in [4.78, 5) is 15.9. The molecule has 12 aromatic rings. The van der Waals surface area contributed by atoms with Crippen LogP contribution in [0.5, 0.6) is 0 Å². The highest BCUT2D eigenvalue weighted by Crippen LogP contribution is 2.41. The molecular weight excluding hydrogens is 755 g/mol. The van der Waals surface area contributed by atoms with E-state index < -0.39 is 0 Å². The monoisotopic (exact) mass is 791 g/mol. The zero-order valence-corrected chi connectivity index (χ0v) is 33.6. The van der Waals surface area contributed by atoms with Crippen LogP contribution in [0.3, 0.4) is 0 Å². The molecule has 0 aliphatic carbocycles. The molecule has 3 heterocycles. The zero-order valence-electron chi connectivity index (χ0n) is 33.6. The van der Waals surface area contributed by atoms with Crippen LogP contribution in [-0.4, -0.2) is 24.1 Å². The van der Waals surface area contributed by atoms with E-state index in [9.17, 15) is 0 Å². The average molecular weight is 792 g/mol. The predicted octanol–water partition coefficient (Wildman–Crippen LogP) is 14.4. The summed E-state index contributed by atoms with van der Waals surface area (Å²) in [7, 11) is 0. The van der Waals surface area contributed by atoms with Crippen LogP contribution in [0.2, 0.25) is 0 Å². The summed E-state index contributed by atoms with van der Waals surface area (Å²) < 4.78 is 4.64. The molecule has 12 rings (SSSR count). The van der Waals surface area contributed by atoms with E-state index in [1.165, 1.54) is 21.9 Å². The third kappa shape index (κ3) is 5.98. The van der Waals surface area contributed by atoms with Crippen molar-refractivity contribution < 1.29 is 0 Å². The Hall–Kier alpha value is -8.41. The molecule has 0 radical (unpaired) electrons. The van der Waals surface area contributed by atoms with Gasteiger partial charge >= 0.3 is 0 Å². The minimum atomic E-state index is 0.556. The quantitative estimate of drug-likeness (QED) is 0.162. The first-order valence-electron chi connectivity index (χ1n) is 20.9. The Morgan fingerprint density at radius 2 is 0.726 bits per heavy atom. The van der Waals surface area contributed by atoms with Gasteiger partial charge in [-0.05, 0) is 64.2 Å². The second-order valence-corrected chi connectivity index (χ2v) is 15.6. The molecule has 9 aromatic carbocycles. The predicted molar refractivity (Wildman–Crippen MR) is 256 cm³/mol. The number of hydrogen-bond donors (Lipinski definition) is 0. The van der Waals surface area contributed by atoms with E-state index >= 15 is 0 Å². The lowest BCUT2D eigenvalue weighted by atomic mass is 10.0. The van der Waals surface area contributed by atoms with Gasteiger partial charge in [0.25, 0.3) is 0 Å². The molecule has 0 bridgehead atoms. The summed E-state index contributed by atoms with van der Waals surface area (Å²) in [5, 5.41) is 4.65. The van der Waals surface area contributed by atoms with Gasteiger partial charge in [0.2, 0.25) is 5.95 Å². The Morgan fingerprint density at radius 1 is 0.258 bits per heavy atom. The average Bonchev–Trinajstić information content (AvgIpc) is 3.86. The van der Waals surface area contributed by atoms with Gasteiger partial charge in [0.1, 0.15) is 0 Å². The maximum atomic E-state index is 5.36. The Balaban J connectivity index is 1.12. The van der Waals surface area contributed by atoms with E-state index in [2.05, 4.69) is 221 Å². The van der Waals surface area contributed by atoms with Crippen LogP contribution >= 0.6 is 0 Å². The SMILES string of the molecule is c1ccc(-c2ccc(-c3nc(-c4cccc(-c5ccccc5)c4)nc(-n4c5ccccc5c5cc6c7ccccc7n(-c7ccccc7-c7ccccc7)c6cc54)n3)cc2)cc1. The number of aromatic nitrogens is 5. The van der Waals surface area contributed by atoms with Gasteiger partial charge < -0.3 is 4.57 Å². The highest BCUT2D eigenvalue weighted by Gasteiger charge is 2.22. The van der Waals surface area contributed by atoms with Crippen molar-refractivity contribution in [2.45, 2.75) is 0 Å². The molecule has 0 N–H and O–H groups in total. The lowest BCUT2D eigenvalue weighted by Gasteiger charge is -2.14. The summed E-state index contributed by atoms with van der Waals surface area (Å²) in [5.74, 6) is 1.76. The van der Waals surface area contributed by atoms with Crippen molar-refractivity contribution >= 4 is 43.6 Å². The molecule has 0 aliphatic rings. The van der Waals surface area contributed by atoms with Crippen LogP contribution in [0.1, 0.15) is 0 Å². The van der Waals surface area contributed by atoms with Crippen molar-refractivity contribution in [2.24, 2.45) is 0 Å². The Kier molecular flexibility index (Phi) is 8.42. The van der Waals surface area contributed by atoms with E-state index in [-0.39, 0.29) is 0 Å². The largest absolute Gasteiger partial charge is 0.309 e. The van der Waals surface area contributed by atoms with Crippen LogP contribution < -0.4 is 0 Å². The zero-order chi connectivity index (χ0) is 41.0. The number of nitrogens with zero attached hydrogens (tertiary/aromatic N) is 5. The molecule has 0 fully saturated rings. The molecule has 5 heteroatoms. The van der Waals surface area contributed by atoms with Crippen LogP contribution in [0.25, 0.3) is 111 Å². The van der Waals surface area contributed by atoms with E-state index in [1.54, 1.807) is 0 Å². The van der Waals surface area contributed by atoms with Crippen LogP contribution in [0, 0.1) is 0 Å². The van der Waals surface area contributed by atoms with Gasteiger partial charge in [0.15, 0.2) is 11.6 Å². The third-order valence-electron chi connectivity index (χ3n) is 12.0.